The Bertz CT molecular complexity index is 1320. The summed E-state index contributed by atoms with van der Waals surface area (Å²) in [6.45, 7) is 0. The zero-order valence-electron chi connectivity index (χ0n) is 16.2. The minimum atomic E-state index is -0.221. The van der Waals surface area contributed by atoms with Crippen molar-refractivity contribution < 1.29 is 4.79 Å². The number of imidazole rings is 1. The fourth-order valence-electron chi connectivity index (χ4n) is 3.35. The van der Waals surface area contributed by atoms with Crippen molar-refractivity contribution in [3.8, 4) is 22.5 Å². The van der Waals surface area contributed by atoms with Crippen molar-refractivity contribution in [2.75, 3.05) is 5.32 Å². The van der Waals surface area contributed by atoms with Crippen LogP contribution in [0.3, 0.4) is 0 Å². The normalized spacial score (nSPS) is 11.0. The maximum Gasteiger partial charge on any atom is 0.273 e. The maximum atomic E-state index is 12.9. The number of anilines is 1. The van der Waals surface area contributed by atoms with E-state index in [1.807, 2.05) is 77.5 Å². The third-order valence-corrected chi connectivity index (χ3v) is 4.83. The Morgan fingerprint density at radius 1 is 0.933 bits per heavy atom. The van der Waals surface area contributed by atoms with Gasteiger partial charge in [-0.1, -0.05) is 42.5 Å². The SMILES string of the molecule is Cn1nc(-c2ccccc2)cc1C(=O)Nc1cccc(-c2cn3cccnc3n2)c1. The number of carbonyl (C=O) groups excluding carboxylic acids is 1. The van der Waals surface area contributed by atoms with E-state index in [1.54, 1.807) is 24.0 Å². The van der Waals surface area contributed by atoms with E-state index in [1.165, 1.54) is 0 Å². The summed E-state index contributed by atoms with van der Waals surface area (Å²) in [6.07, 6.45) is 5.52. The smallest absolute Gasteiger partial charge is 0.273 e. The highest BCUT2D eigenvalue weighted by Gasteiger charge is 2.15. The summed E-state index contributed by atoms with van der Waals surface area (Å²) < 4.78 is 3.45. The van der Waals surface area contributed by atoms with Crippen molar-refractivity contribution >= 4 is 17.4 Å². The van der Waals surface area contributed by atoms with Gasteiger partial charge in [-0.3, -0.25) is 13.9 Å². The van der Waals surface area contributed by atoms with Gasteiger partial charge in [0.25, 0.3) is 5.91 Å². The summed E-state index contributed by atoms with van der Waals surface area (Å²) >= 11 is 0. The molecule has 0 saturated carbocycles. The van der Waals surface area contributed by atoms with Crippen LogP contribution in [0.5, 0.6) is 0 Å². The lowest BCUT2D eigenvalue weighted by Gasteiger charge is -2.06. The Morgan fingerprint density at radius 3 is 2.60 bits per heavy atom. The molecule has 3 aromatic heterocycles. The van der Waals surface area contributed by atoms with Gasteiger partial charge in [-0.05, 0) is 24.3 Å². The lowest BCUT2D eigenvalue weighted by atomic mass is 10.1. The van der Waals surface area contributed by atoms with Gasteiger partial charge in [0.1, 0.15) is 5.69 Å². The highest BCUT2D eigenvalue weighted by atomic mass is 16.2. The number of aryl methyl sites for hydroxylation is 1. The van der Waals surface area contributed by atoms with Crippen molar-refractivity contribution in [1.29, 1.82) is 0 Å². The van der Waals surface area contributed by atoms with E-state index < -0.39 is 0 Å². The Balaban J connectivity index is 1.40. The predicted molar refractivity (Wildman–Crippen MR) is 115 cm³/mol. The first-order valence-electron chi connectivity index (χ1n) is 9.48. The molecule has 0 atom stereocenters. The lowest BCUT2D eigenvalue weighted by molar-refractivity contribution is 0.101. The number of nitrogens with zero attached hydrogens (tertiary/aromatic N) is 5. The molecule has 5 rings (SSSR count). The van der Waals surface area contributed by atoms with Gasteiger partial charge in [0.15, 0.2) is 0 Å². The number of hydrogen-bond acceptors (Lipinski definition) is 4. The second-order valence-electron chi connectivity index (χ2n) is 6.89. The third kappa shape index (κ3) is 3.33. The summed E-state index contributed by atoms with van der Waals surface area (Å²) in [4.78, 5) is 21.7. The molecule has 0 saturated heterocycles. The lowest BCUT2D eigenvalue weighted by Crippen LogP contribution is -2.16. The Morgan fingerprint density at radius 2 is 1.77 bits per heavy atom. The van der Waals surface area contributed by atoms with Gasteiger partial charge in [-0.25, -0.2) is 9.97 Å². The van der Waals surface area contributed by atoms with Gasteiger partial charge >= 0.3 is 0 Å². The number of rotatable bonds is 4. The van der Waals surface area contributed by atoms with Crippen LogP contribution < -0.4 is 5.32 Å². The van der Waals surface area contributed by atoms with E-state index in [2.05, 4.69) is 20.4 Å². The fraction of sp³-hybridized carbons (Fsp3) is 0.0435. The molecule has 0 aliphatic rings. The average Bonchev–Trinajstić information content (AvgIpc) is 3.38. The highest BCUT2D eigenvalue weighted by molar-refractivity contribution is 6.04. The third-order valence-electron chi connectivity index (χ3n) is 4.83. The number of fused-ring (bicyclic) bond motifs is 1. The molecule has 0 bridgehead atoms. The molecule has 1 N–H and O–H groups in total. The molecule has 7 heteroatoms. The van der Waals surface area contributed by atoms with Gasteiger partial charge in [-0.2, -0.15) is 5.10 Å². The van der Waals surface area contributed by atoms with E-state index in [9.17, 15) is 4.79 Å². The minimum Gasteiger partial charge on any atom is -0.321 e. The topological polar surface area (TPSA) is 77.1 Å². The van der Waals surface area contributed by atoms with Crippen molar-refractivity contribution in [3.63, 3.8) is 0 Å². The Hall–Kier alpha value is -4.26. The zero-order chi connectivity index (χ0) is 20.5. The molecule has 0 aliphatic carbocycles. The number of nitrogens with one attached hydrogen (secondary N) is 1. The molecule has 0 spiro atoms. The van der Waals surface area contributed by atoms with Gasteiger partial charge in [0.05, 0.1) is 11.4 Å². The molecule has 1 amide bonds. The first-order valence-corrected chi connectivity index (χ1v) is 9.48. The van der Waals surface area contributed by atoms with E-state index in [0.29, 0.717) is 17.2 Å². The van der Waals surface area contributed by atoms with E-state index in [4.69, 9.17) is 0 Å². The molecule has 30 heavy (non-hydrogen) atoms. The predicted octanol–water partition coefficient (Wildman–Crippen LogP) is 4.05. The molecule has 0 unspecified atom stereocenters. The minimum absolute atomic E-state index is 0.221. The van der Waals surface area contributed by atoms with Crippen LogP contribution in [0.15, 0.2) is 85.3 Å². The Kier molecular flexibility index (Phi) is 4.33. The second kappa shape index (κ2) is 7.29. The molecular formula is C23H18N6O. The van der Waals surface area contributed by atoms with E-state index >= 15 is 0 Å². The van der Waals surface area contributed by atoms with Crippen LogP contribution in [0.4, 0.5) is 5.69 Å². The molecule has 7 nitrogen and oxygen atoms in total. The quantitative estimate of drug-likeness (QED) is 0.499. The standard InChI is InChI=1S/C23H18N6O/c1-28-21(14-19(27-28)16-7-3-2-4-8-16)22(30)25-18-10-5-9-17(13-18)20-15-29-12-6-11-24-23(29)26-20/h2-15H,1H3,(H,25,30). The van der Waals surface area contributed by atoms with Crippen LogP contribution in [0, 0.1) is 0 Å². The molecule has 0 fully saturated rings. The van der Waals surface area contributed by atoms with Crippen LogP contribution in [-0.4, -0.2) is 30.1 Å². The van der Waals surface area contributed by atoms with Crippen molar-refractivity contribution in [1.82, 2.24) is 24.1 Å². The van der Waals surface area contributed by atoms with Crippen molar-refractivity contribution in [3.05, 3.63) is 91.0 Å². The summed E-state index contributed by atoms with van der Waals surface area (Å²) in [7, 11) is 1.77. The van der Waals surface area contributed by atoms with Gasteiger partial charge in [-0.15, -0.1) is 0 Å². The zero-order valence-corrected chi connectivity index (χ0v) is 16.2. The number of hydrogen-bond donors (Lipinski definition) is 1. The van der Waals surface area contributed by atoms with Crippen molar-refractivity contribution in [2.45, 2.75) is 0 Å². The van der Waals surface area contributed by atoms with Crippen LogP contribution in [-0.2, 0) is 7.05 Å². The van der Waals surface area contributed by atoms with Crippen LogP contribution in [0.1, 0.15) is 10.5 Å². The highest BCUT2D eigenvalue weighted by Crippen LogP contribution is 2.23. The van der Waals surface area contributed by atoms with Gasteiger partial charge < -0.3 is 5.32 Å². The summed E-state index contributed by atoms with van der Waals surface area (Å²) in [5, 5.41) is 7.43. The summed E-state index contributed by atoms with van der Waals surface area (Å²) in [6, 6.07) is 21.0. The number of carbonyl (C=O) groups is 1. The molecule has 5 aromatic rings. The molecule has 146 valence electrons. The van der Waals surface area contributed by atoms with Gasteiger partial charge in [0, 0.05) is 42.5 Å². The summed E-state index contributed by atoms with van der Waals surface area (Å²) in [5.41, 5.74) is 4.58. The van der Waals surface area contributed by atoms with Crippen molar-refractivity contribution in [2.24, 2.45) is 7.05 Å². The second-order valence-corrected chi connectivity index (χ2v) is 6.89. The van der Waals surface area contributed by atoms with Crippen LogP contribution in [0.25, 0.3) is 28.3 Å². The van der Waals surface area contributed by atoms with Gasteiger partial charge in [0.2, 0.25) is 5.78 Å². The molecule has 0 aliphatic heterocycles. The summed E-state index contributed by atoms with van der Waals surface area (Å²) in [5.74, 6) is 0.409. The fourth-order valence-corrected chi connectivity index (χ4v) is 3.35. The van der Waals surface area contributed by atoms with Crippen LogP contribution in [0.2, 0.25) is 0 Å². The Labute approximate surface area is 172 Å². The first kappa shape index (κ1) is 17.8. The molecule has 3 heterocycles. The molecule has 0 radical (unpaired) electrons. The van der Waals surface area contributed by atoms with Crippen LogP contribution >= 0.6 is 0 Å². The molecule has 2 aromatic carbocycles. The number of aromatic nitrogens is 5. The largest absolute Gasteiger partial charge is 0.321 e. The first-order chi connectivity index (χ1) is 14.7. The molecular weight excluding hydrogens is 376 g/mol. The monoisotopic (exact) mass is 394 g/mol. The van der Waals surface area contributed by atoms with E-state index in [-0.39, 0.29) is 5.91 Å². The maximum absolute atomic E-state index is 12.9. The number of amides is 1. The average molecular weight is 394 g/mol. The van der Waals surface area contributed by atoms with E-state index in [0.717, 1.165) is 22.5 Å². The number of benzene rings is 2.